The lowest BCUT2D eigenvalue weighted by atomic mass is 10.0. The number of aromatic nitrogens is 3. The van der Waals surface area contributed by atoms with Gasteiger partial charge in [0.1, 0.15) is 10.6 Å². The second-order valence-electron chi connectivity index (χ2n) is 7.25. The lowest BCUT2D eigenvalue weighted by Gasteiger charge is -2.31. The van der Waals surface area contributed by atoms with Crippen LogP contribution in [0.1, 0.15) is 18.5 Å². The van der Waals surface area contributed by atoms with E-state index in [9.17, 15) is 8.42 Å². The van der Waals surface area contributed by atoms with E-state index in [1.54, 1.807) is 22.1 Å². The second-order valence-corrected chi connectivity index (χ2v) is 9.18. The summed E-state index contributed by atoms with van der Waals surface area (Å²) in [7, 11) is -1.79. The van der Waals surface area contributed by atoms with E-state index in [0.717, 1.165) is 29.7 Å². The fourth-order valence-corrected chi connectivity index (χ4v) is 5.22. The zero-order valence-electron chi connectivity index (χ0n) is 16.1. The Balaban J connectivity index is 1.51. The van der Waals surface area contributed by atoms with Gasteiger partial charge in [-0.15, -0.1) is 0 Å². The monoisotopic (exact) mass is 400 g/mol. The van der Waals surface area contributed by atoms with Gasteiger partial charge < -0.3 is 4.74 Å². The molecule has 148 valence electrons. The van der Waals surface area contributed by atoms with Crippen LogP contribution in [0.15, 0.2) is 47.5 Å². The largest absolute Gasteiger partial charge is 0.493 e. The van der Waals surface area contributed by atoms with Crippen LogP contribution in [0.4, 0.5) is 0 Å². The number of nitrogens with zero attached hydrogens (tertiary/aromatic N) is 4. The topological polar surface area (TPSA) is 77.3 Å². The molecule has 1 aliphatic rings. The molecule has 1 unspecified atom stereocenters. The molecule has 1 aromatic carbocycles. The highest BCUT2D eigenvalue weighted by Gasteiger charge is 2.31. The molecule has 0 saturated carbocycles. The van der Waals surface area contributed by atoms with E-state index in [2.05, 4.69) is 10.1 Å². The van der Waals surface area contributed by atoms with Crippen molar-refractivity contribution in [1.82, 2.24) is 19.1 Å². The molecule has 3 heterocycles. The van der Waals surface area contributed by atoms with Gasteiger partial charge in [-0.3, -0.25) is 4.68 Å². The first kappa shape index (κ1) is 18.9. The van der Waals surface area contributed by atoms with E-state index in [1.165, 1.54) is 6.20 Å². The van der Waals surface area contributed by atoms with Crippen molar-refractivity contribution in [3.05, 3.63) is 48.3 Å². The van der Waals surface area contributed by atoms with Gasteiger partial charge in [0.25, 0.3) is 0 Å². The minimum atomic E-state index is -3.60. The molecule has 0 radical (unpaired) electrons. The third-order valence-electron chi connectivity index (χ3n) is 5.19. The summed E-state index contributed by atoms with van der Waals surface area (Å²) in [5, 5.41) is 5.09. The Morgan fingerprint density at radius 1 is 1.25 bits per heavy atom. The molecule has 1 aliphatic heterocycles. The van der Waals surface area contributed by atoms with Gasteiger partial charge >= 0.3 is 0 Å². The molecule has 0 aliphatic carbocycles. The number of aryl methyl sites for hydroxylation is 2. The van der Waals surface area contributed by atoms with Crippen LogP contribution in [0.2, 0.25) is 0 Å². The molecular formula is C20H24N4O3S. The maximum absolute atomic E-state index is 13.2. The second kappa shape index (κ2) is 7.52. The number of benzene rings is 1. The van der Waals surface area contributed by atoms with Crippen molar-refractivity contribution in [3.8, 4) is 5.75 Å². The summed E-state index contributed by atoms with van der Waals surface area (Å²) < 4.78 is 35.4. The molecule has 4 rings (SSSR count). The van der Waals surface area contributed by atoms with Crippen LogP contribution in [-0.4, -0.2) is 47.2 Å². The Morgan fingerprint density at radius 2 is 2.04 bits per heavy atom. The van der Waals surface area contributed by atoms with Crippen molar-refractivity contribution < 1.29 is 13.2 Å². The molecule has 3 aromatic rings. The normalized spacial score (nSPS) is 18.4. The van der Waals surface area contributed by atoms with Crippen molar-refractivity contribution in [1.29, 1.82) is 0 Å². The zero-order chi connectivity index (χ0) is 19.7. The Morgan fingerprint density at radius 3 is 2.82 bits per heavy atom. The smallest absolute Gasteiger partial charge is 0.244 e. The van der Waals surface area contributed by atoms with Crippen molar-refractivity contribution in [2.24, 2.45) is 13.0 Å². The summed E-state index contributed by atoms with van der Waals surface area (Å²) >= 11 is 0. The first-order valence-electron chi connectivity index (χ1n) is 9.42. The van der Waals surface area contributed by atoms with Crippen molar-refractivity contribution in [2.45, 2.75) is 24.7 Å². The van der Waals surface area contributed by atoms with Crippen molar-refractivity contribution in [3.63, 3.8) is 0 Å². The van der Waals surface area contributed by atoms with Crippen LogP contribution >= 0.6 is 0 Å². The quantitative estimate of drug-likeness (QED) is 0.658. The summed E-state index contributed by atoms with van der Waals surface area (Å²) in [6.07, 6.45) is 3.21. The third kappa shape index (κ3) is 3.62. The lowest BCUT2D eigenvalue weighted by Crippen LogP contribution is -2.41. The van der Waals surface area contributed by atoms with E-state index in [-0.39, 0.29) is 10.8 Å². The highest BCUT2D eigenvalue weighted by atomic mass is 32.2. The summed E-state index contributed by atoms with van der Waals surface area (Å²) in [5.41, 5.74) is 1.46. The van der Waals surface area contributed by atoms with Gasteiger partial charge in [0.15, 0.2) is 5.65 Å². The summed E-state index contributed by atoms with van der Waals surface area (Å²) in [4.78, 5) is 4.55. The highest BCUT2D eigenvalue weighted by Crippen LogP contribution is 2.26. The molecule has 0 amide bonds. The van der Waals surface area contributed by atoms with Gasteiger partial charge in [-0.05, 0) is 38.0 Å². The van der Waals surface area contributed by atoms with E-state index < -0.39 is 10.0 Å². The van der Waals surface area contributed by atoms with Gasteiger partial charge in [0, 0.05) is 37.6 Å². The van der Waals surface area contributed by atoms with Crippen LogP contribution in [-0.2, 0) is 17.1 Å². The SMILES string of the molecule is Cc1nn(C)c2ncc(S(=O)(=O)N3CCCC(COc4ccccc4)C3)cc12. The molecule has 8 heteroatoms. The average Bonchev–Trinajstić information content (AvgIpc) is 3.01. The molecule has 0 N–H and O–H groups in total. The molecular weight excluding hydrogens is 376 g/mol. The number of rotatable bonds is 5. The van der Waals surface area contributed by atoms with E-state index in [0.29, 0.717) is 25.3 Å². The van der Waals surface area contributed by atoms with Gasteiger partial charge in [0.05, 0.1) is 12.3 Å². The van der Waals surface area contributed by atoms with E-state index in [1.807, 2.05) is 37.3 Å². The van der Waals surface area contributed by atoms with Gasteiger partial charge in [0.2, 0.25) is 10.0 Å². The van der Waals surface area contributed by atoms with Gasteiger partial charge in [-0.1, -0.05) is 18.2 Å². The van der Waals surface area contributed by atoms with Gasteiger partial charge in [-0.2, -0.15) is 9.40 Å². The Bertz CT molecular complexity index is 1080. The number of fused-ring (bicyclic) bond motifs is 1. The van der Waals surface area contributed by atoms with E-state index in [4.69, 9.17) is 4.74 Å². The summed E-state index contributed by atoms with van der Waals surface area (Å²) in [5.74, 6) is 0.977. The molecule has 0 spiro atoms. The number of hydrogen-bond acceptors (Lipinski definition) is 5. The first-order chi connectivity index (χ1) is 13.4. The predicted octanol–water partition coefficient (Wildman–Crippen LogP) is 2.76. The molecule has 1 fully saturated rings. The number of ether oxygens (including phenoxy) is 1. The highest BCUT2D eigenvalue weighted by molar-refractivity contribution is 7.89. The number of pyridine rings is 1. The van der Waals surface area contributed by atoms with Crippen LogP contribution in [0, 0.1) is 12.8 Å². The van der Waals surface area contributed by atoms with Crippen LogP contribution in [0.25, 0.3) is 11.0 Å². The van der Waals surface area contributed by atoms with Crippen LogP contribution < -0.4 is 4.74 Å². The molecule has 2 aromatic heterocycles. The van der Waals surface area contributed by atoms with Crippen molar-refractivity contribution in [2.75, 3.05) is 19.7 Å². The Kier molecular flexibility index (Phi) is 5.07. The standard InChI is InChI=1S/C20H24N4O3S/c1-15-19-11-18(12-21-20(19)23(2)22-15)28(25,26)24-10-6-7-16(13-24)14-27-17-8-4-3-5-9-17/h3-5,8-9,11-12,16H,6-7,10,13-14H2,1-2H3. The molecule has 1 saturated heterocycles. The summed E-state index contributed by atoms with van der Waals surface area (Å²) in [6.45, 7) is 3.35. The van der Waals surface area contributed by atoms with Gasteiger partial charge in [-0.25, -0.2) is 13.4 Å². The molecule has 1 atom stereocenters. The minimum Gasteiger partial charge on any atom is -0.493 e. The first-order valence-corrected chi connectivity index (χ1v) is 10.9. The maximum Gasteiger partial charge on any atom is 0.244 e. The lowest BCUT2D eigenvalue weighted by molar-refractivity contribution is 0.180. The number of piperidine rings is 1. The number of sulfonamides is 1. The van der Waals surface area contributed by atoms with Crippen LogP contribution in [0.3, 0.4) is 0 Å². The van der Waals surface area contributed by atoms with E-state index >= 15 is 0 Å². The summed E-state index contributed by atoms with van der Waals surface area (Å²) in [6, 6.07) is 11.3. The number of para-hydroxylation sites is 1. The molecule has 28 heavy (non-hydrogen) atoms. The Hall–Kier alpha value is -2.45. The Labute approximate surface area is 165 Å². The predicted molar refractivity (Wildman–Crippen MR) is 107 cm³/mol. The fraction of sp³-hybridized carbons (Fsp3) is 0.400. The molecule has 7 nitrogen and oxygen atoms in total. The molecule has 0 bridgehead atoms. The fourth-order valence-electron chi connectivity index (χ4n) is 3.69. The number of hydrogen-bond donors (Lipinski definition) is 0. The third-order valence-corrected chi connectivity index (χ3v) is 7.02. The average molecular weight is 401 g/mol. The minimum absolute atomic E-state index is 0.167. The maximum atomic E-state index is 13.2. The van der Waals surface area contributed by atoms with Crippen LogP contribution in [0.5, 0.6) is 5.75 Å². The van der Waals surface area contributed by atoms with Crippen molar-refractivity contribution >= 4 is 21.1 Å². The zero-order valence-corrected chi connectivity index (χ0v) is 16.9.